The topological polar surface area (TPSA) is 92.7 Å². The maximum absolute atomic E-state index is 13.0. The number of amides is 2. The average molecular weight is 409 g/mol. The van der Waals surface area contributed by atoms with Gasteiger partial charge in [0.1, 0.15) is 0 Å². The Morgan fingerprint density at radius 2 is 1.46 bits per heavy atom. The summed E-state index contributed by atoms with van der Waals surface area (Å²) in [4.78, 5) is 28.6. The van der Waals surface area contributed by atoms with Crippen molar-refractivity contribution in [1.29, 1.82) is 0 Å². The Labute approximate surface area is 169 Å². The lowest BCUT2D eigenvalue weighted by Gasteiger charge is -2.46. The molecule has 1 aliphatic heterocycles. The van der Waals surface area contributed by atoms with Crippen molar-refractivity contribution in [1.82, 2.24) is 9.80 Å². The molecule has 4 N–H and O–H groups in total. The maximum atomic E-state index is 13.0. The van der Waals surface area contributed by atoms with Gasteiger partial charge in [0, 0.05) is 38.1 Å². The van der Waals surface area contributed by atoms with Gasteiger partial charge in [-0.3, -0.25) is 14.5 Å². The number of nitrogens with zero attached hydrogens (tertiary/aromatic N) is 2. The average Bonchev–Trinajstić information content (AvgIpc) is 2.54. The van der Waals surface area contributed by atoms with E-state index in [1.54, 1.807) is 0 Å². The second kappa shape index (κ2) is 9.09. The largest absolute Gasteiger partial charge is 0.368 e. The Kier molecular flexibility index (Phi) is 8.21. The van der Waals surface area contributed by atoms with Crippen molar-refractivity contribution in [2.45, 2.75) is 57.5 Å². The predicted molar refractivity (Wildman–Crippen MR) is 107 cm³/mol. The number of hydrogen-bond acceptors (Lipinski definition) is 4. The van der Waals surface area contributed by atoms with E-state index in [9.17, 15) is 9.59 Å². The molecule has 0 aromatic carbocycles. The van der Waals surface area contributed by atoms with Gasteiger partial charge in [-0.05, 0) is 51.4 Å². The quantitative estimate of drug-likeness (QED) is 0.737. The molecule has 2 atom stereocenters. The zero-order chi connectivity index (χ0) is 17.5. The van der Waals surface area contributed by atoms with E-state index in [0.717, 1.165) is 12.8 Å². The van der Waals surface area contributed by atoms with E-state index in [2.05, 4.69) is 4.90 Å². The molecule has 26 heavy (non-hydrogen) atoms. The minimum atomic E-state index is -0.649. The summed E-state index contributed by atoms with van der Waals surface area (Å²) in [6.45, 7) is 6.51. The molecule has 2 bridgehead atoms. The van der Waals surface area contributed by atoms with Crippen LogP contribution in [0.3, 0.4) is 0 Å². The summed E-state index contributed by atoms with van der Waals surface area (Å²) in [5.41, 5.74) is 11.2. The molecule has 2 aliphatic carbocycles. The van der Waals surface area contributed by atoms with Crippen LogP contribution < -0.4 is 11.5 Å². The number of carbonyl (C=O) groups is 2. The van der Waals surface area contributed by atoms with Gasteiger partial charge in [-0.15, -0.1) is 24.8 Å². The summed E-state index contributed by atoms with van der Waals surface area (Å²) in [5, 5.41) is 0. The number of primary amides is 1. The first kappa shape index (κ1) is 23.5. The number of hydrogen-bond donors (Lipinski definition) is 2. The highest BCUT2D eigenvalue weighted by Gasteiger charge is 2.42. The lowest BCUT2D eigenvalue weighted by molar-refractivity contribution is -0.142. The molecule has 0 aromatic heterocycles. The molecule has 3 fully saturated rings. The number of rotatable bonds is 3. The van der Waals surface area contributed by atoms with Crippen LogP contribution in [0.1, 0.15) is 46.0 Å². The Morgan fingerprint density at radius 3 is 1.92 bits per heavy atom. The van der Waals surface area contributed by atoms with Crippen LogP contribution in [0, 0.1) is 17.8 Å². The molecule has 3 aliphatic rings. The van der Waals surface area contributed by atoms with E-state index in [4.69, 9.17) is 11.5 Å². The van der Waals surface area contributed by atoms with Gasteiger partial charge in [0.05, 0.1) is 5.54 Å². The predicted octanol–water partition coefficient (Wildman–Crippen LogP) is 1.39. The fourth-order valence-corrected chi connectivity index (χ4v) is 4.89. The summed E-state index contributed by atoms with van der Waals surface area (Å²) < 4.78 is 0. The van der Waals surface area contributed by atoms with Crippen LogP contribution in [0.2, 0.25) is 0 Å². The zero-order valence-corrected chi connectivity index (χ0v) is 17.5. The summed E-state index contributed by atoms with van der Waals surface area (Å²) in [7, 11) is 0. The van der Waals surface area contributed by atoms with E-state index in [1.165, 1.54) is 19.3 Å². The summed E-state index contributed by atoms with van der Waals surface area (Å²) >= 11 is 0. The molecule has 1 saturated heterocycles. The molecule has 2 amide bonds. The van der Waals surface area contributed by atoms with Crippen molar-refractivity contribution in [2.75, 3.05) is 26.2 Å². The highest BCUT2D eigenvalue weighted by Crippen LogP contribution is 2.42. The standard InChI is InChI=1S/C18H32N4O2.2ClH/c1-18(2,17(20)24)22-8-6-21(7-9-22)16(23)14-10-12-4-3-5-13(11-14)15(12)19;;/h12-15H,3-11,19H2,1-2H3,(H2,20,24);2*1H. The number of halogens is 2. The second-order valence-electron chi connectivity index (χ2n) is 8.43. The van der Waals surface area contributed by atoms with Crippen LogP contribution in [0.15, 0.2) is 0 Å². The van der Waals surface area contributed by atoms with Gasteiger partial charge in [0.2, 0.25) is 11.8 Å². The molecule has 3 rings (SSSR count). The fourth-order valence-electron chi connectivity index (χ4n) is 4.89. The lowest BCUT2D eigenvalue weighted by Crippen LogP contribution is -2.61. The van der Waals surface area contributed by atoms with Gasteiger partial charge in [-0.2, -0.15) is 0 Å². The van der Waals surface area contributed by atoms with Crippen molar-refractivity contribution < 1.29 is 9.59 Å². The molecule has 152 valence electrons. The van der Waals surface area contributed by atoms with Crippen LogP contribution >= 0.6 is 24.8 Å². The van der Waals surface area contributed by atoms with E-state index in [-0.39, 0.29) is 36.6 Å². The molecule has 2 unspecified atom stereocenters. The summed E-state index contributed by atoms with van der Waals surface area (Å²) in [6.07, 6.45) is 5.56. The maximum Gasteiger partial charge on any atom is 0.237 e. The Bertz CT molecular complexity index is 495. The smallest absolute Gasteiger partial charge is 0.237 e. The second-order valence-corrected chi connectivity index (χ2v) is 8.43. The van der Waals surface area contributed by atoms with Crippen molar-refractivity contribution in [3.05, 3.63) is 0 Å². The number of piperazine rings is 1. The van der Waals surface area contributed by atoms with E-state index in [1.807, 2.05) is 18.7 Å². The van der Waals surface area contributed by atoms with Crippen molar-refractivity contribution in [3.63, 3.8) is 0 Å². The summed E-state index contributed by atoms with van der Waals surface area (Å²) in [5.74, 6) is 1.20. The van der Waals surface area contributed by atoms with Crippen LogP contribution in [-0.2, 0) is 9.59 Å². The molecular formula is C18H34Cl2N4O2. The van der Waals surface area contributed by atoms with E-state index in [0.29, 0.717) is 50.0 Å². The van der Waals surface area contributed by atoms with Crippen molar-refractivity contribution in [2.24, 2.45) is 29.2 Å². The van der Waals surface area contributed by atoms with Crippen molar-refractivity contribution >= 4 is 36.6 Å². The minimum absolute atomic E-state index is 0. The number of fused-ring (bicyclic) bond motifs is 2. The minimum Gasteiger partial charge on any atom is -0.368 e. The number of carbonyl (C=O) groups excluding carboxylic acids is 2. The normalized spacial score (nSPS) is 32.2. The lowest BCUT2D eigenvalue weighted by atomic mass is 9.65. The SMILES string of the molecule is CC(C)(C(N)=O)N1CCN(C(=O)C2CC3CCCC(C2)C3N)CC1.Cl.Cl. The van der Waals surface area contributed by atoms with Gasteiger partial charge in [0.25, 0.3) is 0 Å². The monoisotopic (exact) mass is 408 g/mol. The van der Waals surface area contributed by atoms with Gasteiger partial charge < -0.3 is 16.4 Å². The Morgan fingerprint density at radius 1 is 0.962 bits per heavy atom. The van der Waals surface area contributed by atoms with Gasteiger partial charge in [0.15, 0.2) is 0 Å². The molecule has 1 heterocycles. The third-order valence-electron chi connectivity index (χ3n) is 6.75. The molecule has 0 spiro atoms. The molecule has 0 radical (unpaired) electrons. The van der Waals surface area contributed by atoms with Crippen LogP contribution in [0.5, 0.6) is 0 Å². The van der Waals surface area contributed by atoms with Gasteiger partial charge >= 0.3 is 0 Å². The van der Waals surface area contributed by atoms with Gasteiger partial charge in [-0.25, -0.2) is 0 Å². The van der Waals surface area contributed by atoms with Crippen LogP contribution in [-0.4, -0.2) is 59.4 Å². The molecule has 6 nitrogen and oxygen atoms in total. The Balaban J connectivity index is 0.00000169. The van der Waals surface area contributed by atoms with E-state index >= 15 is 0 Å². The number of nitrogens with two attached hydrogens (primary N) is 2. The van der Waals surface area contributed by atoms with Crippen LogP contribution in [0.25, 0.3) is 0 Å². The molecular weight excluding hydrogens is 375 g/mol. The highest BCUT2D eigenvalue weighted by molar-refractivity contribution is 5.85. The van der Waals surface area contributed by atoms with Crippen molar-refractivity contribution in [3.8, 4) is 0 Å². The molecule has 2 saturated carbocycles. The van der Waals surface area contributed by atoms with Gasteiger partial charge in [-0.1, -0.05) is 6.42 Å². The third-order valence-corrected chi connectivity index (χ3v) is 6.75. The first-order chi connectivity index (χ1) is 11.3. The first-order valence-electron chi connectivity index (χ1n) is 9.40. The van der Waals surface area contributed by atoms with E-state index < -0.39 is 5.54 Å². The molecule has 0 aromatic rings. The fraction of sp³-hybridized carbons (Fsp3) is 0.889. The summed E-state index contributed by atoms with van der Waals surface area (Å²) in [6, 6.07) is 0.302. The molecule has 8 heteroatoms. The third kappa shape index (κ3) is 4.46. The first-order valence-corrected chi connectivity index (χ1v) is 9.40. The zero-order valence-electron chi connectivity index (χ0n) is 15.9. The highest BCUT2D eigenvalue weighted by atomic mass is 35.5. The van der Waals surface area contributed by atoms with Crippen LogP contribution in [0.4, 0.5) is 0 Å². The Hall–Kier alpha value is -0.560.